The summed E-state index contributed by atoms with van der Waals surface area (Å²) in [5.74, 6) is -1.30. The summed E-state index contributed by atoms with van der Waals surface area (Å²) in [7, 11) is -9.92. The van der Waals surface area contributed by atoms with Crippen LogP contribution in [0.25, 0.3) is 0 Å². The third-order valence-corrected chi connectivity index (χ3v) is 21.7. The van der Waals surface area contributed by atoms with Crippen LogP contribution in [-0.4, -0.2) is 96.7 Å². The topological polar surface area (TPSA) is 237 Å². The summed E-state index contributed by atoms with van der Waals surface area (Å²) < 4.78 is 68.8. The zero-order valence-electron chi connectivity index (χ0n) is 67.5. The van der Waals surface area contributed by atoms with Crippen molar-refractivity contribution in [1.29, 1.82) is 0 Å². The van der Waals surface area contributed by atoms with Crippen molar-refractivity contribution in [2.75, 3.05) is 39.6 Å². The summed E-state index contributed by atoms with van der Waals surface area (Å²) in [6.07, 6.45) is 69.5. The number of esters is 4. The average Bonchev–Trinajstić information content (AvgIpc) is 0.908. The maximum absolute atomic E-state index is 13.1. The number of rotatable bonds is 84. The molecule has 0 fully saturated rings. The molecule has 0 saturated carbocycles. The third kappa shape index (κ3) is 78.0. The molecule has 0 aromatic carbocycles. The average molecular weight is 1510 g/mol. The minimum absolute atomic E-state index is 0.109. The molecule has 0 aromatic rings. The van der Waals surface area contributed by atoms with E-state index in [2.05, 4.69) is 34.6 Å². The van der Waals surface area contributed by atoms with Gasteiger partial charge in [0.1, 0.15) is 19.3 Å². The van der Waals surface area contributed by atoms with E-state index in [9.17, 15) is 43.2 Å². The van der Waals surface area contributed by atoms with Crippen molar-refractivity contribution in [1.82, 2.24) is 0 Å². The van der Waals surface area contributed by atoms with E-state index in [0.717, 1.165) is 95.8 Å². The molecular formula is C84H164O17P2. The van der Waals surface area contributed by atoms with Gasteiger partial charge in [0.25, 0.3) is 0 Å². The van der Waals surface area contributed by atoms with Gasteiger partial charge in [0.2, 0.25) is 0 Å². The van der Waals surface area contributed by atoms with Crippen LogP contribution >= 0.6 is 15.6 Å². The highest BCUT2D eigenvalue weighted by Gasteiger charge is 2.30. The molecule has 2 unspecified atom stereocenters. The van der Waals surface area contributed by atoms with Crippen molar-refractivity contribution < 1.29 is 80.2 Å². The van der Waals surface area contributed by atoms with Crippen molar-refractivity contribution in [2.45, 2.75) is 470 Å². The minimum atomic E-state index is -4.96. The van der Waals surface area contributed by atoms with Crippen LogP contribution in [0.15, 0.2) is 0 Å². The van der Waals surface area contributed by atoms with Crippen LogP contribution in [0.3, 0.4) is 0 Å². The van der Waals surface area contributed by atoms with Crippen LogP contribution in [-0.2, 0) is 65.4 Å². The molecule has 17 nitrogen and oxygen atoms in total. The lowest BCUT2D eigenvalue weighted by molar-refractivity contribution is -0.161. The highest BCUT2D eigenvalue weighted by Crippen LogP contribution is 2.45. The van der Waals surface area contributed by atoms with Crippen LogP contribution in [0.5, 0.6) is 0 Å². The number of hydrogen-bond donors (Lipinski definition) is 3. The SMILES string of the molecule is CCCCCCCCCCCCCCCCCCCCCC(=O)OC[C@H](COP(=O)(O)OC[C@@H](O)COP(=O)(O)OC[C@@H](COC(=O)CCCCCCCCCC)OC(=O)CCCCCCCCCCCCCCCCCCC)OC(=O)CCCCCCCCCCCCCCCCCCC(C)C. The largest absolute Gasteiger partial charge is 0.472 e. The Morgan fingerprint density at radius 1 is 0.262 bits per heavy atom. The Bertz CT molecular complexity index is 1960. The quantitative estimate of drug-likeness (QED) is 0.0222. The molecule has 0 rings (SSSR count). The van der Waals surface area contributed by atoms with Gasteiger partial charge in [0.05, 0.1) is 26.4 Å². The Hall–Kier alpha value is -1.94. The smallest absolute Gasteiger partial charge is 0.462 e. The summed E-state index contributed by atoms with van der Waals surface area (Å²) in [5, 5.41) is 10.7. The maximum Gasteiger partial charge on any atom is 0.472 e. The number of aliphatic hydroxyl groups is 1. The number of carbonyl (C=O) groups is 4. The second-order valence-electron chi connectivity index (χ2n) is 30.7. The predicted octanol–water partition coefficient (Wildman–Crippen LogP) is 25.6. The van der Waals surface area contributed by atoms with Gasteiger partial charge in [-0.1, -0.05) is 401 Å². The molecule has 0 aliphatic rings. The molecule has 0 amide bonds. The molecule has 0 aromatic heterocycles. The van der Waals surface area contributed by atoms with Crippen molar-refractivity contribution in [2.24, 2.45) is 5.92 Å². The minimum Gasteiger partial charge on any atom is -0.462 e. The summed E-state index contributed by atoms with van der Waals surface area (Å²) in [5.41, 5.74) is 0. The number of ether oxygens (including phenoxy) is 4. The van der Waals surface area contributed by atoms with E-state index in [-0.39, 0.29) is 25.7 Å². The Morgan fingerprint density at radius 3 is 0.660 bits per heavy atom. The molecule has 0 saturated heterocycles. The highest BCUT2D eigenvalue weighted by atomic mass is 31.2. The summed E-state index contributed by atoms with van der Waals surface area (Å²) >= 11 is 0. The molecule has 19 heteroatoms. The zero-order valence-corrected chi connectivity index (χ0v) is 69.3. The van der Waals surface area contributed by atoms with Crippen molar-refractivity contribution >= 4 is 39.5 Å². The number of carbonyl (C=O) groups excluding carboxylic acids is 4. The molecule has 612 valence electrons. The van der Waals surface area contributed by atoms with Crippen LogP contribution in [0.1, 0.15) is 452 Å². The first kappa shape index (κ1) is 101. The van der Waals surface area contributed by atoms with Crippen LogP contribution in [0.4, 0.5) is 0 Å². The number of hydrogen-bond acceptors (Lipinski definition) is 15. The molecule has 5 atom stereocenters. The summed E-state index contributed by atoms with van der Waals surface area (Å²) in [6.45, 7) is 7.36. The van der Waals surface area contributed by atoms with Crippen molar-refractivity contribution in [3.63, 3.8) is 0 Å². The number of phosphoric ester groups is 2. The fourth-order valence-electron chi connectivity index (χ4n) is 13.1. The van der Waals surface area contributed by atoms with E-state index in [4.69, 9.17) is 37.0 Å². The molecule has 0 bridgehead atoms. The lowest BCUT2D eigenvalue weighted by Gasteiger charge is -2.21. The third-order valence-electron chi connectivity index (χ3n) is 19.8. The second-order valence-corrected chi connectivity index (χ2v) is 33.6. The van der Waals surface area contributed by atoms with Crippen molar-refractivity contribution in [3.8, 4) is 0 Å². The predicted molar refractivity (Wildman–Crippen MR) is 423 cm³/mol. The molecular weight excluding hydrogens is 1340 g/mol. The Kier molecular flexibility index (Phi) is 75.4. The van der Waals surface area contributed by atoms with E-state index in [0.29, 0.717) is 25.7 Å². The lowest BCUT2D eigenvalue weighted by atomic mass is 10.0. The van der Waals surface area contributed by atoms with Gasteiger partial charge in [0.15, 0.2) is 12.2 Å². The number of aliphatic hydroxyl groups excluding tert-OH is 1. The van der Waals surface area contributed by atoms with E-state index in [1.165, 1.54) is 276 Å². The van der Waals surface area contributed by atoms with Gasteiger partial charge >= 0.3 is 39.5 Å². The molecule has 0 spiro atoms. The van der Waals surface area contributed by atoms with Gasteiger partial charge in [-0.2, -0.15) is 0 Å². The van der Waals surface area contributed by atoms with Gasteiger partial charge in [-0.05, 0) is 31.6 Å². The Labute approximate surface area is 632 Å². The van der Waals surface area contributed by atoms with Gasteiger partial charge < -0.3 is 33.8 Å². The fraction of sp³-hybridized carbons (Fsp3) is 0.952. The molecule has 3 N–H and O–H groups in total. The number of phosphoric acid groups is 2. The van der Waals surface area contributed by atoms with E-state index in [1.807, 2.05) is 0 Å². The van der Waals surface area contributed by atoms with Crippen LogP contribution in [0, 0.1) is 5.92 Å². The van der Waals surface area contributed by atoms with Gasteiger partial charge in [0, 0.05) is 25.7 Å². The molecule has 0 heterocycles. The van der Waals surface area contributed by atoms with Crippen LogP contribution in [0.2, 0.25) is 0 Å². The summed E-state index contributed by atoms with van der Waals surface area (Å²) in [4.78, 5) is 73.1. The van der Waals surface area contributed by atoms with E-state index >= 15 is 0 Å². The molecule has 0 aliphatic carbocycles. The van der Waals surface area contributed by atoms with Crippen LogP contribution < -0.4 is 0 Å². The fourth-order valence-corrected chi connectivity index (χ4v) is 14.7. The first-order chi connectivity index (χ1) is 50.0. The maximum atomic E-state index is 13.1. The first-order valence-electron chi connectivity index (χ1n) is 43.6. The van der Waals surface area contributed by atoms with E-state index < -0.39 is 97.5 Å². The van der Waals surface area contributed by atoms with E-state index in [1.54, 1.807) is 0 Å². The lowest BCUT2D eigenvalue weighted by Crippen LogP contribution is -2.30. The van der Waals surface area contributed by atoms with Gasteiger partial charge in [-0.25, -0.2) is 9.13 Å². The first-order valence-corrected chi connectivity index (χ1v) is 46.6. The zero-order chi connectivity index (χ0) is 75.5. The Morgan fingerprint density at radius 2 is 0.447 bits per heavy atom. The summed E-state index contributed by atoms with van der Waals surface area (Å²) in [6, 6.07) is 0. The van der Waals surface area contributed by atoms with Crippen molar-refractivity contribution in [3.05, 3.63) is 0 Å². The standard InChI is InChI=1S/C84H164O17P2/c1-6-9-12-15-18-21-23-25-27-29-30-32-36-40-44-48-53-58-63-68-82(87)95-74-80(101-84(89)70-65-60-55-50-46-42-38-34-33-35-39-43-47-51-56-61-66-77(4)5)76-99-103(92,93)97-72-78(85)71-96-102(90,91)98-75-79(73-94-81(86)67-62-57-52-20-17-14-11-8-3)100-83(88)69-64-59-54-49-45-41-37-31-28-26-24-22-19-16-13-10-7-2/h77-80,85H,6-76H2,1-5H3,(H,90,91)(H,92,93)/t78-,79+,80+/m0/s1. The molecule has 0 radical (unpaired) electrons. The van der Waals surface area contributed by atoms with Gasteiger partial charge in [-0.3, -0.25) is 37.3 Å². The molecule has 0 aliphatic heterocycles. The monoisotopic (exact) mass is 1510 g/mol. The van der Waals surface area contributed by atoms with Gasteiger partial charge in [-0.15, -0.1) is 0 Å². The normalized spacial score (nSPS) is 13.8. The molecule has 103 heavy (non-hydrogen) atoms. The second kappa shape index (κ2) is 76.8. The number of unbranched alkanes of at least 4 members (excludes halogenated alkanes) is 56. The highest BCUT2D eigenvalue weighted by molar-refractivity contribution is 7.47. The Balaban J connectivity index is 5.19.